The van der Waals surface area contributed by atoms with Crippen LogP contribution in [0.3, 0.4) is 0 Å². The first-order valence-corrected chi connectivity index (χ1v) is 8.75. The van der Waals surface area contributed by atoms with Crippen molar-refractivity contribution >= 4 is 5.69 Å². The summed E-state index contributed by atoms with van der Waals surface area (Å²) in [5.41, 5.74) is 6.69. The minimum atomic E-state index is 0.784. The number of nitrogens with zero attached hydrogens (tertiary/aromatic N) is 4. The number of rotatable bonds is 5. The molecule has 1 aliphatic heterocycles. The molecule has 4 heteroatoms. The smallest absolute Gasteiger partial charge is 0.0590 e. The lowest BCUT2D eigenvalue weighted by Gasteiger charge is -2.37. The molecule has 24 heavy (non-hydrogen) atoms. The standard InChI is InChI=1S/C20H28N4/c1-5-8-24-18(4)19(14-21-24)15-22-9-11-23(12-10-22)20-13-16(2)6-7-17(20)3/h5-7,13-14H,1,8-12,15H2,2-4H3. The maximum absolute atomic E-state index is 4.46. The van der Waals surface area contributed by atoms with Crippen LogP contribution in [0.5, 0.6) is 0 Å². The Hall–Kier alpha value is -2.07. The third-order valence-corrected chi connectivity index (χ3v) is 4.98. The maximum atomic E-state index is 4.46. The molecule has 128 valence electrons. The Balaban J connectivity index is 1.61. The molecule has 1 aromatic carbocycles. The molecule has 0 amide bonds. The van der Waals surface area contributed by atoms with E-state index in [-0.39, 0.29) is 0 Å². The van der Waals surface area contributed by atoms with Crippen LogP contribution in [0.25, 0.3) is 0 Å². The minimum absolute atomic E-state index is 0.784. The molecule has 0 radical (unpaired) electrons. The van der Waals surface area contributed by atoms with Gasteiger partial charge in [-0.3, -0.25) is 9.58 Å². The minimum Gasteiger partial charge on any atom is -0.369 e. The van der Waals surface area contributed by atoms with Crippen LogP contribution in [0.2, 0.25) is 0 Å². The van der Waals surface area contributed by atoms with E-state index in [1.807, 2.05) is 17.0 Å². The Morgan fingerprint density at radius 1 is 1.12 bits per heavy atom. The molecule has 1 aliphatic rings. The van der Waals surface area contributed by atoms with E-state index in [9.17, 15) is 0 Å². The zero-order valence-corrected chi connectivity index (χ0v) is 15.1. The molecule has 1 fully saturated rings. The first-order valence-electron chi connectivity index (χ1n) is 8.75. The molecule has 0 unspecified atom stereocenters. The third-order valence-electron chi connectivity index (χ3n) is 4.98. The summed E-state index contributed by atoms with van der Waals surface area (Å²) < 4.78 is 2.02. The van der Waals surface area contributed by atoms with Gasteiger partial charge in [0.25, 0.3) is 0 Å². The second-order valence-corrected chi connectivity index (χ2v) is 6.78. The largest absolute Gasteiger partial charge is 0.369 e. The van der Waals surface area contributed by atoms with Gasteiger partial charge in [-0.15, -0.1) is 6.58 Å². The average molecular weight is 324 g/mol. The van der Waals surface area contributed by atoms with Crippen molar-refractivity contribution < 1.29 is 0 Å². The van der Waals surface area contributed by atoms with Gasteiger partial charge in [-0.05, 0) is 38.0 Å². The second kappa shape index (κ2) is 7.22. The molecule has 1 saturated heterocycles. The Labute approximate surface area is 145 Å². The van der Waals surface area contributed by atoms with Crippen LogP contribution < -0.4 is 4.90 Å². The number of aromatic nitrogens is 2. The molecule has 0 spiro atoms. The first kappa shape index (κ1) is 16.8. The maximum Gasteiger partial charge on any atom is 0.0590 e. The third kappa shape index (κ3) is 3.54. The van der Waals surface area contributed by atoms with Crippen LogP contribution >= 0.6 is 0 Å². The highest BCUT2D eigenvalue weighted by Gasteiger charge is 2.19. The predicted molar refractivity (Wildman–Crippen MR) is 101 cm³/mol. The van der Waals surface area contributed by atoms with E-state index in [4.69, 9.17) is 0 Å². The highest BCUT2D eigenvalue weighted by molar-refractivity contribution is 5.55. The van der Waals surface area contributed by atoms with Gasteiger partial charge in [0.2, 0.25) is 0 Å². The fourth-order valence-corrected chi connectivity index (χ4v) is 3.39. The summed E-state index contributed by atoms with van der Waals surface area (Å²) in [6.45, 7) is 16.5. The van der Waals surface area contributed by atoms with Gasteiger partial charge in [0.15, 0.2) is 0 Å². The summed E-state index contributed by atoms with van der Waals surface area (Å²) in [4.78, 5) is 5.05. The number of anilines is 1. The van der Waals surface area contributed by atoms with E-state index in [2.05, 4.69) is 60.4 Å². The van der Waals surface area contributed by atoms with Gasteiger partial charge in [-0.1, -0.05) is 18.2 Å². The molecule has 0 N–H and O–H groups in total. The van der Waals surface area contributed by atoms with Gasteiger partial charge in [0.05, 0.1) is 12.7 Å². The molecule has 2 heterocycles. The summed E-state index contributed by atoms with van der Waals surface area (Å²) in [7, 11) is 0. The Morgan fingerprint density at radius 2 is 1.88 bits per heavy atom. The molecule has 4 nitrogen and oxygen atoms in total. The van der Waals surface area contributed by atoms with Crippen LogP contribution in [-0.4, -0.2) is 40.9 Å². The van der Waals surface area contributed by atoms with Crippen LogP contribution in [-0.2, 0) is 13.1 Å². The van der Waals surface area contributed by atoms with E-state index in [0.717, 1.165) is 39.3 Å². The lowest BCUT2D eigenvalue weighted by molar-refractivity contribution is 0.249. The highest BCUT2D eigenvalue weighted by atomic mass is 15.3. The van der Waals surface area contributed by atoms with E-state index < -0.39 is 0 Å². The van der Waals surface area contributed by atoms with E-state index >= 15 is 0 Å². The van der Waals surface area contributed by atoms with Crippen LogP contribution in [0.4, 0.5) is 5.69 Å². The first-order chi connectivity index (χ1) is 11.6. The predicted octanol–water partition coefficient (Wildman–Crippen LogP) is 3.32. The zero-order valence-electron chi connectivity index (χ0n) is 15.1. The van der Waals surface area contributed by atoms with Crippen molar-refractivity contribution in [2.24, 2.45) is 0 Å². The van der Waals surface area contributed by atoms with Crippen molar-refractivity contribution in [3.63, 3.8) is 0 Å². The molecule has 1 aromatic heterocycles. The quantitative estimate of drug-likeness (QED) is 0.789. The fourth-order valence-electron chi connectivity index (χ4n) is 3.39. The fraction of sp³-hybridized carbons (Fsp3) is 0.450. The topological polar surface area (TPSA) is 24.3 Å². The summed E-state index contributed by atoms with van der Waals surface area (Å²) >= 11 is 0. The van der Waals surface area contributed by atoms with Gasteiger partial charge in [0, 0.05) is 49.7 Å². The zero-order chi connectivity index (χ0) is 17.1. The van der Waals surface area contributed by atoms with Crippen molar-refractivity contribution in [3.05, 3.63) is 59.4 Å². The summed E-state index contributed by atoms with van der Waals surface area (Å²) in [6.07, 6.45) is 3.91. The van der Waals surface area contributed by atoms with Crippen molar-refractivity contribution in [2.75, 3.05) is 31.1 Å². The van der Waals surface area contributed by atoms with E-state index in [1.54, 1.807) is 0 Å². The Bertz CT molecular complexity index is 708. The van der Waals surface area contributed by atoms with Gasteiger partial charge in [-0.2, -0.15) is 5.10 Å². The summed E-state index contributed by atoms with van der Waals surface area (Å²) in [5.74, 6) is 0. The molecule has 2 aromatic rings. The molecular formula is C20H28N4. The van der Waals surface area contributed by atoms with Crippen molar-refractivity contribution in [3.8, 4) is 0 Å². The Morgan fingerprint density at radius 3 is 2.58 bits per heavy atom. The number of hydrogen-bond donors (Lipinski definition) is 0. The summed E-state index contributed by atoms with van der Waals surface area (Å²) in [5, 5.41) is 4.46. The molecule has 0 atom stereocenters. The number of allylic oxidation sites excluding steroid dienone is 1. The van der Waals surface area contributed by atoms with Crippen molar-refractivity contribution in [1.29, 1.82) is 0 Å². The Kier molecular flexibility index (Phi) is 5.05. The molecule has 3 rings (SSSR count). The highest BCUT2D eigenvalue weighted by Crippen LogP contribution is 2.23. The number of benzene rings is 1. The summed E-state index contributed by atoms with van der Waals surface area (Å²) in [6, 6.07) is 6.74. The van der Waals surface area contributed by atoms with Crippen LogP contribution in [0, 0.1) is 20.8 Å². The SMILES string of the molecule is C=CCn1ncc(CN2CCN(c3cc(C)ccc3C)CC2)c1C. The molecule has 0 saturated carbocycles. The average Bonchev–Trinajstić information content (AvgIpc) is 2.92. The number of piperazine rings is 1. The van der Waals surface area contributed by atoms with Gasteiger partial charge in [0.1, 0.15) is 0 Å². The second-order valence-electron chi connectivity index (χ2n) is 6.78. The van der Waals surface area contributed by atoms with Crippen molar-refractivity contribution in [2.45, 2.75) is 33.9 Å². The van der Waals surface area contributed by atoms with E-state index in [1.165, 1.54) is 28.1 Å². The monoisotopic (exact) mass is 324 g/mol. The molecular weight excluding hydrogens is 296 g/mol. The van der Waals surface area contributed by atoms with Gasteiger partial charge in [-0.25, -0.2) is 0 Å². The lowest BCUT2D eigenvalue weighted by Crippen LogP contribution is -2.46. The van der Waals surface area contributed by atoms with Crippen LogP contribution in [0.1, 0.15) is 22.4 Å². The van der Waals surface area contributed by atoms with Gasteiger partial charge < -0.3 is 4.90 Å². The number of aryl methyl sites for hydroxylation is 2. The normalized spacial score (nSPS) is 15.7. The number of hydrogen-bond acceptors (Lipinski definition) is 3. The van der Waals surface area contributed by atoms with Gasteiger partial charge >= 0.3 is 0 Å². The molecule has 0 bridgehead atoms. The van der Waals surface area contributed by atoms with E-state index in [0.29, 0.717) is 0 Å². The van der Waals surface area contributed by atoms with Crippen LogP contribution in [0.15, 0.2) is 37.1 Å². The lowest BCUT2D eigenvalue weighted by atomic mass is 10.1. The van der Waals surface area contributed by atoms with Crippen molar-refractivity contribution in [1.82, 2.24) is 14.7 Å². The molecule has 0 aliphatic carbocycles.